The smallest absolute Gasteiger partial charge is 0.190 e. The van der Waals surface area contributed by atoms with E-state index in [-0.39, 0.29) is 11.9 Å². The van der Waals surface area contributed by atoms with Gasteiger partial charge in [0.15, 0.2) is 5.13 Å². The van der Waals surface area contributed by atoms with Crippen molar-refractivity contribution in [3.05, 3.63) is 40.2 Å². The molecule has 0 amide bonds. The molecule has 2 N–H and O–H groups in total. The fourth-order valence-corrected chi connectivity index (χ4v) is 3.54. The van der Waals surface area contributed by atoms with E-state index in [1.165, 1.54) is 11.6 Å². The van der Waals surface area contributed by atoms with Crippen LogP contribution in [0.1, 0.15) is 29.1 Å². The molecule has 0 aliphatic carbocycles. The van der Waals surface area contributed by atoms with Crippen LogP contribution >= 0.6 is 11.3 Å². The van der Waals surface area contributed by atoms with Crippen molar-refractivity contribution < 1.29 is 4.39 Å². The molecule has 0 radical (unpaired) electrons. The molecule has 0 fully saturated rings. The third-order valence-electron chi connectivity index (χ3n) is 3.41. The van der Waals surface area contributed by atoms with E-state index < -0.39 is 0 Å². The Bertz CT molecular complexity index is 621. The molecule has 5 heteroatoms. The maximum atomic E-state index is 13.4. The first-order valence-corrected chi connectivity index (χ1v) is 7.17. The second-order valence-electron chi connectivity index (χ2n) is 4.91. The number of aromatic nitrogens is 1. The Morgan fingerprint density at radius 3 is 2.95 bits per heavy atom. The SMILES string of the molecule is Cc1nc(N2CCc3ccc(F)cc32)sc1C(C)N. The molecule has 0 saturated heterocycles. The number of fused-ring (bicyclic) bond motifs is 1. The highest BCUT2D eigenvalue weighted by Gasteiger charge is 2.24. The molecule has 3 nitrogen and oxygen atoms in total. The van der Waals surface area contributed by atoms with Crippen molar-refractivity contribution in [1.82, 2.24) is 4.98 Å². The van der Waals surface area contributed by atoms with Gasteiger partial charge in [0.1, 0.15) is 5.82 Å². The molecule has 1 aliphatic rings. The van der Waals surface area contributed by atoms with Crippen LogP contribution in [-0.2, 0) is 6.42 Å². The van der Waals surface area contributed by atoms with Gasteiger partial charge in [-0.25, -0.2) is 9.37 Å². The van der Waals surface area contributed by atoms with E-state index in [1.54, 1.807) is 17.4 Å². The van der Waals surface area contributed by atoms with E-state index in [2.05, 4.69) is 9.88 Å². The molecule has 1 aromatic carbocycles. The molecule has 1 aromatic heterocycles. The maximum Gasteiger partial charge on any atom is 0.190 e. The summed E-state index contributed by atoms with van der Waals surface area (Å²) in [5, 5.41) is 0.911. The predicted octanol–water partition coefficient (Wildman–Crippen LogP) is 3.30. The van der Waals surface area contributed by atoms with E-state index >= 15 is 0 Å². The number of thiazole rings is 1. The minimum atomic E-state index is -0.202. The summed E-state index contributed by atoms with van der Waals surface area (Å²) in [4.78, 5) is 7.77. The Hall–Kier alpha value is -1.46. The molecule has 2 heterocycles. The van der Waals surface area contributed by atoms with E-state index in [0.717, 1.165) is 34.4 Å². The number of hydrogen-bond donors (Lipinski definition) is 1. The van der Waals surface area contributed by atoms with Gasteiger partial charge in [-0.05, 0) is 38.0 Å². The second kappa shape index (κ2) is 4.58. The van der Waals surface area contributed by atoms with Crippen LogP contribution in [-0.4, -0.2) is 11.5 Å². The minimum Gasteiger partial charge on any atom is -0.323 e. The molecule has 0 saturated carbocycles. The molecule has 100 valence electrons. The fourth-order valence-electron chi connectivity index (χ4n) is 2.48. The van der Waals surface area contributed by atoms with Gasteiger partial charge in [0.05, 0.1) is 5.69 Å². The molecule has 2 aromatic rings. The van der Waals surface area contributed by atoms with Gasteiger partial charge in [-0.15, -0.1) is 0 Å². The van der Waals surface area contributed by atoms with Gasteiger partial charge in [0, 0.05) is 23.2 Å². The van der Waals surface area contributed by atoms with Crippen LogP contribution in [0.25, 0.3) is 0 Å². The topological polar surface area (TPSA) is 42.2 Å². The first kappa shape index (κ1) is 12.6. The van der Waals surface area contributed by atoms with Crippen LogP contribution in [0, 0.1) is 12.7 Å². The van der Waals surface area contributed by atoms with E-state index in [1.807, 2.05) is 19.9 Å². The highest BCUT2D eigenvalue weighted by Crippen LogP contribution is 2.39. The van der Waals surface area contributed by atoms with Gasteiger partial charge in [0.2, 0.25) is 0 Å². The fraction of sp³-hybridized carbons (Fsp3) is 0.357. The second-order valence-corrected chi connectivity index (χ2v) is 5.92. The molecular formula is C14H16FN3S. The number of nitrogens with zero attached hydrogens (tertiary/aromatic N) is 2. The van der Waals surface area contributed by atoms with Crippen LogP contribution in [0.2, 0.25) is 0 Å². The number of rotatable bonds is 2. The predicted molar refractivity (Wildman–Crippen MR) is 76.6 cm³/mol. The number of benzene rings is 1. The molecule has 1 unspecified atom stereocenters. The van der Waals surface area contributed by atoms with E-state index in [9.17, 15) is 4.39 Å². The van der Waals surface area contributed by atoms with Gasteiger partial charge in [-0.1, -0.05) is 17.4 Å². The summed E-state index contributed by atoms with van der Waals surface area (Å²) >= 11 is 1.60. The van der Waals surface area contributed by atoms with Crippen LogP contribution in [0.4, 0.5) is 15.2 Å². The van der Waals surface area contributed by atoms with Gasteiger partial charge in [0.25, 0.3) is 0 Å². The van der Waals surface area contributed by atoms with Crippen molar-refractivity contribution in [2.45, 2.75) is 26.3 Å². The summed E-state index contributed by atoms with van der Waals surface area (Å²) in [6, 6.07) is 4.95. The van der Waals surface area contributed by atoms with E-state index in [0.29, 0.717) is 0 Å². The quantitative estimate of drug-likeness (QED) is 0.915. The van der Waals surface area contributed by atoms with Crippen molar-refractivity contribution in [3.63, 3.8) is 0 Å². The highest BCUT2D eigenvalue weighted by atomic mass is 32.1. The zero-order valence-corrected chi connectivity index (χ0v) is 11.8. The molecular weight excluding hydrogens is 261 g/mol. The third kappa shape index (κ3) is 2.13. The summed E-state index contributed by atoms with van der Waals surface area (Å²) in [7, 11) is 0. The lowest BCUT2D eigenvalue weighted by Crippen LogP contribution is -2.12. The first-order valence-electron chi connectivity index (χ1n) is 6.35. The Labute approximate surface area is 115 Å². The third-order valence-corrected chi connectivity index (χ3v) is 4.79. The zero-order chi connectivity index (χ0) is 13.6. The van der Waals surface area contributed by atoms with E-state index in [4.69, 9.17) is 5.73 Å². The largest absolute Gasteiger partial charge is 0.323 e. The number of nitrogens with two attached hydrogens (primary N) is 1. The normalized spacial score (nSPS) is 15.7. The summed E-state index contributed by atoms with van der Waals surface area (Å²) in [6.45, 7) is 4.78. The Balaban J connectivity index is 2.02. The minimum absolute atomic E-state index is 0.0131. The van der Waals surface area contributed by atoms with Crippen LogP contribution in [0.5, 0.6) is 0 Å². The summed E-state index contributed by atoms with van der Waals surface area (Å²) in [5.74, 6) is -0.202. The standard InChI is InChI=1S/C14H16FN3S/c1-8(16)13-9(2)17-14(19-13)18-6-5-10-3-4-11(15)7-12(10)18/h3-4,7-8H,5-6,16H2,1-2H3. The van der Waals surface area contributed by atoms with Crippen LogP contribution in [0.15, 0.2) is 18.2 Å². The van der Waals surface area contributed by atoms with Gasteiger partial charge < -0.3 is 10.6 Å². The number of halogens is 1. The number of hydrogen-bond acceptors (Lipinski definition) is 4. The molecule has 0 bridgehead atoms. The monoisotopic (exact) mass is 277 g/mol. The molecule has 1 atom stereocenters. The van der Waals surface area contributed by atoms with Gasteiger partial charge >= 0.3 is 0 Å². The average Bonchev–Trinajstić information content (AvgIpc) is 2.91. The highest BCUT2D eigenvalue weighted by molar-refractivity contribution is 7.15. The zero-order valence-electron chi connectivity index (χ0n) is 11.0. The lowest BCUT2D eigenvalue weighted by atomic mass is 10.2. The average molecular weight is 277 g/mol. The summed E-state index contributed by atoms with van der Waals surface area (Å²) in [6.07, 6.45) is 0.932. The lowest BCUT2D eigenvalue weighted by molar-refractivity contribution is 0.628. The van der Waals surface area contributed by atoms with Gasteiger partial charge in [-0.3, -0.25) is 0 Å². The Morgan fingerprint density at radius 1 is 1.47 bits per heavy atom. The van der Waals surface area contributed by atoms with Crippen LogP contribution in [0.3, 0.4) is 0 Å². The molecule has 1 aliphatic heterocycles. The Kier molecular flexibility index (Phi) is 3.03. The first-order chi connectivity index (χ1) is 9.06. The summed E-state index contributed by atoms with van der Waals surface area (Å²) in [5.41, 5.74) is 9.02. The maximum absolute atomic E-state index is 13.4. The molecule has 0 spiro atoms. The number of anilines is 2. The summed E-state index contributed by atoms with van der Waals surface area (Å²) < 4.78 is 13.4. The van der Waals surface area contributed by atoms with Crippen molar-refractivity contribution in [2.75, 3.05) is 11.4 Å². The van der Waals surface area contributed by atoms with Crippen molar-refractivity contribution >= 4 is 22.2 Å². The van der Waals surface area contributed by atoms with Crippen molar-refractivity contribution in [1.29, 1.82) is 0 Å². The molecule has 3 rings (SSSR count). The Morgan fingerprint density at radius 2 is 2.26 bits per heavy atom. The van der Waals surface area contributed by atoms with Crippen molar-refractivity contribution in [3.8, 4) is 0 Å². The van der Waals surface area contributed by atoms with Crippen LogP contribution < -0.4 is 10.6 Å². The molecule has 19 heavy (non-hydrogen) atoms. The van der Waals surface area contributed by atoms with Crippen molar-refractivity contribution in [2.24, 2.45) is 5.73 Å². The number of aryl methyl sites for hydroxylation is 1. The van der Waals surface area contributed by atoms with Gasteiger partial charge in [-0.2, -0.15) is 0 Å². The lowest BCUT2D eigenvalue weighted by Gasteiger charge is -2.15.